The molecule has 0 fully saturated rings. The number of aliphatic carboxylic acids is 1. The van der Waals surface area contributed by atoms with E-state index in [1.807, 2.05) is 0 Å². The average Bonchev–Trinajstić information content (AvgIpc) is 2.38. The Labute approximate surface area is 116 Å². The van der Waals surface area contributed by atoms with Gasteiger partial charge in [-0.1, -0.05) is 18.5 Å². The number of amides is 1. The van der Waals surface area contributed by atoms with Crippen molar-refractivity contribution in [1.82, 2.24) is 4.90 Å². The van der Waals surface area contributed by atoms with Crippen molar-refractivity contribution in [2.24, 2.45) is 0 Å². The zero-order chi connectivity index (χ0) is 14.6. The van der Waals surface area contributed by atoms with Crippen molar-refractivity contribution in [1.29, 1.82) is 0 Å². The van der Waals surface area contributed by atoms with Crippen molar-refractivity contribution in [2.45, 2.75) is 19.4 Å². The van der Waals surface area contributed by atoms with Gasteiger partial charge in [-0.2, -0.15) is 0 Å². The number of halogens is 1. The van der Waals surface area contributed by atoms with Gasteiger partial charge in [0.05, 0.1) is 12.7 Å². The summed E-state index contributed by atoms with van der Waals surface area (Å²) in [5, 5.41) is 9.46. The van der Waals surface area contributed by atoms with Crippen LogP contribution in [0, 0.1) is 0 Å². The van der Waals surface area contributed by atoms with Crippen LogP contribution < -0.4 is 4.74 Å². The minimum absolute atomic E-state index is 0.247. The first kappa shape index (κ1) is 15.3. The fraction of sp³-hybridized carbons (Fsp3) is 0.385. The van der Waals surface area contributed by atoms with Gasteiger partial charge in [-0.3, -0.25) is 4.79 Å². The van der Waals surface area contributed by atoms with Crippen LogP contribution in [0.2, 0.25) is 5.02 Å². The summed E-state index contributed by atoms with van der Waals surface area (Å²) in [6.45, 7) is 1.71. The van der Waals surface area contributed by atoms with Crippen molar-refractivity contribution in [3.63, 3.8) is 0 Å². The Kier molecular flexibility index (Phi) is 5.18. The number of methoxy groups -OCH3 is 1. The van der Waals surface area contributed by atoms with E-state index in [2.05, 4.69) is 0 Å². The first-order valence-electron chi connectivity index (χ1n) is 5.75. The molecule has 1 amide bonds. The summed E-state index contributed by atoms with van der Waals surface area (Å²) >= 11 is 5.86. The lowest BCUT2D eigenvalue weighted by molar-refractivity contribution is -0.142. The molecule has 104 valence electrons. The van der Waals surface area contributed by atoms with Gasteiger partial charge in [0.25, 0.3) is 5.91 Å². The number of hydrogen-bond donors (Lipinski definition) is 1. The van der Waals surface area contributed by atoms with E-state index in [1.54, 1.807) is 19.1 Å². The third kappa shape index (κ3) is 3.38. The predicted molar refractivity (Wildman–Crippen MR) is 71.8 cm³/mol. The smallest absolute Gasteiger partial charge is 0.326 e. The number of ether oxygens (including phenoxy) is 1. The molecule has 19 heavy (non-hydrogen) atoms. The molecular formula is C13H16ClNO4. The van der Waals surface area contributed by atoms with Crippen LogP contribution >= 0.6 is 11.6 Å². The minimum Gasteiger partial charge on any atom is -0.496 e. The van der Waals surface area contributed by atoms with Crippen LogP contribution in [0.4, 0.5) is 0 Å². The molecule has 1 aromatic carbocycles. The number of nitrogens with zero attached hydrogens (tertiary/aromatic N) is 1. The third-order valence-corrected chi connectivity index (χ3v) is 3.09. The topological polar surface area (TPSA) is 66.8 Å². The lowest BCUT2D eigenvalue weighted by Crippen LogP contribution is -2.42. The molecular weight excluding hydrogens is 270 g/mol. The number of likely N-dealkylation sites (N-methyl/N-ethyl adjacent to an activating group) is 1. The summed E-state index contributed by atoms with van der Waals surface area (Å²) in [6.07, 6.45) is 0.320. The van der Waals surface area contributed by atoms with E-state index in [1.165, 1.54) is 25.1 Å². The molecule has 1 atom stereocenters. The Hall–Kier alpha value is -1.75. The summed E-state index contributed by atoms with van der Waals surface area (Å²) in [4.78, 5) is 24.6. The molecule has 0 bridgehead atoms. The van der Waals surface area contributed by atoms with E-state index in [0.717, 1.165) is 0 Å². The van der Waals surface area contributed by atoms with Crippen LogP contribution in [-0.4, -0.2) is 42.1 Å². The Balaban J connectivity index is 3.12. The second-order valence-electron chi connectivity index (χ2n) is 4.02. The SMILES string of the molecule is CCC(C(=O)O)N(C)C(=O)c1cc(Cl)ccc1OC. The second-order valence-corrected chi connectivity index (χ2v) is 4.46. The van der Waals surface area contributed by atoms with Gasteiger partial charge in [0.1, 0.15) is 11.8 Å². The summed E-state index contributed by atoms with van der Waals surface area (Å²) < 4.78 is 5.09. The Morgan fingerprint density at radius 3 is 2.58 bits per heavy atom. The van der Waals surface area contributed by atoms with E-state index < -0.39 is 17.9 Å². The monoisotopic (exact) mass is 285 g/mol. The molecule has 1 unspecified atom stereocenters. The molecule has 1 aromatic rings. The molecule has 0 saturated carbocycles. The fourth-order valence-corrected chi connectivity index (χ4v) is 1.97. The molecule has 1 N–H and O–H groups in total. The first-order chi connectivity index (χ1) is 8.92. The number of carboxylic acid groups (broad SMARTS) is 1. The number of carbonyl (C=O) groups is 2. The van der Waals surface area contributed by atoms with Crippen molar-refractivity contribution in [2.75, 3.05) is 14.2 Å². The predicted octanol–water partition coefficient (Wildman–Crippen LogP) is 2.28. The molecule has 0 aliphatic carbocycles. The number of carbonyl (C=O) groups excluding carboxylic acids is 1. The number of carboxylic acids is 1. The van der Waals surface area contributed by atoms with Gasteiger partial charge in [0, 0.05) is 12.1 Å². The summed E-state index contributed by atoms with van der Waals surface area (Å²) in [5.74, 6) is -1.12. The molecule has 6 heteroatoms. The quantitative estimate of drug-likeness (QED) is 0.901. The molecule has 5 nitrogen and oxygen atoms in total. The highest BCUT2D eigenvalue weighted by Gasteiger charge is 2.27. The highest BCUT2D eigenvalue weighted by molar-refractivity contribution is 6.31. The van der Waals surface area contributed by atoms with Gasteiger partial charge in [0.2, 0.25) is 0 Å². The van der Waals surface area contributed by atoms with E-state index in [-0.39, 0.29) is 5.56 Å². The van der Waals surface area contributed by atoms with E-state index >= 15 is 0 Å². The fourth-order valence-electron chi connectivity index (χ4n) is 1.79. The minimum atomic E-state index is -1.04. The molecule has 1 rings (SSSR count). The molecule has 0 aliphatic heterocycles. The van der Waals surface area contributed by atoms with Crippen molar-refractivity contribution in [3.8, 4) is 5.75 Å². The van der Waals surface area contributed by atoms with Crippen LogP contribution in [0.5, 0.6) is 5.75 Å². The number of rotatable bonds is 5. The highest BCUT2D eigenvalue weighted by atomic mass is 35.5. The molecule has 0 aliphatic rings. The molecule has 0 saturated heterocycles. The van der Waals surface area contributed by atoms with Crippen molar-refractivity contribution < 1.29 is 19.4 Å². The van der Waals surface area contributed by atoms with Gasteiger partial charge in [0.15, 0.2) is 0 Å². The Bertz CT molecular complexity index is 490. The van der Waals surface area contributed by atoms with Gasteiger partial charge in [-0.25, -0.2) is 4.79 Å². The first-order valence-corrected chi connectivity index (χ1v) is 6.13. The van der Waals surface area contributed by atoms with Gasteiger partial charge < -0.3 is 14.7 Å². The van der Waals surface area contributed by atoms with Crippen molar-refractivity contribution in [3.05, 3.63) is 28.8 Å². The third-order valence-electron chi connectivity index (χ3n) is 2.85. The van der Waals surface area contributed by atoms with Crippen molar-refractivity contribution >= 4 is 23.5 Å². The molecule has 0 radical (unpaired) electrons. The lowest BCUT2D eigenvalue weighted by Gasteiger charge is -2.24. The normalized spacial score (nSPS) is 11.8. The molecule has 0 heterocycles. The van der Waals surface area contributed by atoms with Crippen LogP contribution in [0.1, 0.15) is 23.7 Å². The maximum Gasteiger partial charge on any atom is 0.326 e. The van der Waals surface area contributed by atoms with E-state index in [4.69, 9.17) is 21.4 Å². The maximum absolute atomic E-state index is 12.3. The Morgan fingerprint density at radius 1 is 1.47 bits per heavy atom. The zero-order valence-electron chi connectivity index (χ0n) is 11.0. The van der Waals surface area contributed by atoms with Gasteiger partial charge in [-0.15, -0.1) is 0 Å². The Morgan fingerprint density at radius 2 is 2.11 bits per heavy atom. The van der Waals surface area contributed by atoms with Crippen LogP contribution in [0.3, 0.4) is 0 Å². The van der Waals surface area contributed by atoms with Gasteiger partial charge >= 0.3 is 5.97 Å². The highest BCUT2D eigenvalue weighted by Crippen LogP contribution is 2.24. The summed E-state index contributed by atoms with van der Waals surface area (Å²) in [6, 6.07) is 3.76. The van der Waals surface area contributed by atoms with Crippen LogP contribution in [0.15, 0.2) is 18.2 Å². The van der Waals surface area contributed by atoms with Crippen LogP contribution in [0.25, 0.3) is 0 Å². The van der Waals surface area contributed by atoms with Gasteiger partial charge in [-0.05, 0) is 24.6 Å². The maximum atomic E-state index is 12.3. The number of hydrogen-bond acceptors (Lipinski definition) is 3. The molecule has 0 spiro atoms. The lowest BCUT2D eigenvalue weighted by atomic mass is 10.1. The number of benzene rings is 1. The largest absolute Gasteiger partial charge is 0.496 e. The second kappa shape index (κ2) is 6.43. The standard InChI is InChI=1S/C13H16ClNO4/c1-4-10(13(17)18)15(2)12(16)9-7-8(14)5-6-11(9)19-3/h5-7,10H,4H2,1-3H3,(H,17,18). The van der Waals surface area contributed by atoms with E-state index in [0.29, 0.717) is 17.2 Å². The zero-order valence-corrected chi connectivity index (χ0v) is 11.8. The average molecular weight is 286 g/mol. The molecule has 0 aromatic heterocycles. The summed E-state index contributed by atoms with van der Waals surface area (Å²) in [7, 11) is 2.89. The van der Waals surface area contributed by atoms with E-state index in [9.17, 15) is 9.59 Å². The summed E-state index contributed by atoms with van der Waals surface area (Å²) in [5.41, 5.74) is 0.247. The van der Waals surface area contributed by atoms with Crippen LogP contribution in [-0.2, 0) is 4.79 Å².